The van der Waals surface area contributed by atoms with Gasteiger partial charge in [0.1, 0.15) is 5.65 Å². The van der Waals surface area contributed by atoms with Crippen molar-refractivity contribution in [1.29, 1.82) is 0 Å². The number of H-pyrrole nitrogens is 1. The Balaban J connectivity index is 1.28. The van der Waals surface area contributed by atoms with Crippen LogP contribution in [-0.2, 0) is 22.9 Å². The second kappa shape index (κ2) is 8.43. The van der Waals surface area contributed by atoms with Gasteiger partial charge in [-0.2, -0.15) is 13.2 Å². The van der Waals surface area contributed by atoms with E-state index in [4.69, 9.17) is 0 Å². The molecule has 3 aliphatic rings. The number of pyridine rings is 1. The number of benzene rings is 2. The maximum Gasteiger partial charge on any atom is 0.417 e. The highest BCUT2D eigenvalue weighted by atomic mass is 19.4. The van der Waals surface area contributed by atoms with Gasteiger partial charge in [-0.3, -0.25) is 9.59 Å². The summed E-state index contributed by atoms with van der Waals surface area (Å²) in [6, 6.07) is 11.9. The molecule has 0 spiro atoms. The first-order chi connectivity index (χ1) is 19.1. The number of rotatable bonds is 6. The van der Waals surface area contributed by atoms with Crippen LogP contribution in [0.3, 0.4) is 0 Å². The summed E-state index contributed by atoms with van der Waals surface area (Å²) in [5, 5.41) is 10.3. The van der Waals surface area contributed by atoms with Crippen molar-refractivity contribution in [3.8, 4) is 22.3 Å². The summed E-state index contributed by atoms with van der Waals surface area (Å²) < 4.78 is 42.7. The van der Waals surface area contributed by atoms with Gasteiger partial charge in [-0.05, 0) is 79.0 Å². The van der Waals surface area contributed by atoms with Crippen LogP contribution >= 0.6 is 0 Å². The predicted octanol–water partition coefficient (Wildman–Crippen LogP) is 6.79. The summed E-state index contributed by atoms with van der Waals surface area (Å²) in [6.07, 6.45) is 1.87. The Morgan fingerprint density at radius 3 is 2.45 bits per heavy atom. The molecule has 0 unspecified atom stereocenters. The zero-order valence-corrected chi connectivity index (χ0v) is 21.7. The van der Waals surface area contributed by atoms with E-state index in [1.807, 2.05) is 37.3 Å². The molecule has 40 heavy (non-hydrogen) atoms. The predicted molar refractivity (Wildman–Crippen MR) is 143 cm³/mol. The molecule has 1 amide bonds. The number of carbonyl (C=O) groups is 2. The Labute approximate surface area is 227 Å². The number of carboxylic acids is 1. The summed E-state index contributed by atoms with van der Waals surface area (Å²) in [4.78, 5) is 34.0. The number of alkyl halides is 3. The third-order valence-electron chi connectivity index (χ3n) is 8.91. The van der Waals surface area contributed by atoms with E-state index >= 15 is 0 Å². The fourth-order valence-electron chi connectivity index (χ4n) is 6.15. The van der Waals surface area contributed by atoms with Crippen LogP contribution in [0.2, 0.25) is 0 Å². The Bertz CT molecular complexity index is 1700. The van der Waals surface area contributed by atoms with Crippen molar-refractivity contribution in [3.63, 3.8) is 0 Å². The van der Waals surface area contributed by atoms with Gasteiger partial charge in [0, 0.05) is 41.5 Å². The molecule has 0 radical (unpaired) electrons. The van der Waals surface area contributed by atoms with Gasteiger partial charge >= 0.3 is 12.1 Å². The summed E-state index contributed by atoms with van der Waals surface area (Å²) in [6.45, 7) is 2.08. The highest BCUT2D eigenvalue weighted by Crippen LogP contribution is 2.49. The van der Waals surface area contributed by atoms with Crippen LogP contribution in [0.4, 0.5) is 13.2 Å². The zero-order valence-electron chi connectivity index (χ0n) is 21.7. The largest absolute Gasteiger partial charge is 0.481 e. The molecular formula is C31H26F3N3O3. The molecule has 3 heterocycles. The van der Waals surface area contributed by atoms with Crippen LogP contribution in [0.5, 0.6) is 0 Å². The second-order valence-corrected chi connectivity index (χ2v) is 11.4. The SMILES string of the molecule is C[C@@H](C1CC1)N1Cc2cc(-c3cnc4[nH]cc(-c5ccc(C6(C(=O)O)CC6)cc5)c4c3)cc(C(F)(F)F)c2C1=O. The smallest absolute Gasteiger partial charge is 0.417 e. The molecular weight excluding hydrogens is 519 g/mol. The lowest BCUT2D eigenvalue weighted by Crippen LogP contribution is -2.35. The fourth-order valence-corrected chi connectivity index (χ4v) is 6.15. The molecule has 2 aromatic heterocycles. The lowest BCUT2D eigenvalue weighted by atomic mass is 9.93. The molecule has 6 nitrogen and oxygen atoms in total. The highest BCUT2D eigenvalue weighted by Gasteiger charge is 2.51. The molecule has 7 rings (SSSR count). The molecule has 4 aromatic rings. The summed E-state index contributed by atoms with van der Waals surface area (Å²) >= 11 is 0. The van der Waals surface area contributed by atoms with Crippen molar-refractivity contribution in [2.24, 2.45) is 5.92 Å². The third-order valence-corrected chi connectivity index (χ3v) is 8.91. The van der Waals surface area contributed by atoms with Crippen LogP contribution in [0.15, 0.2) is 54.9 Å². The minimum absolute atomic E-state index is 0.0958. The quantitative estimate of drug-likeness (QED) is 0.280. The molecule has 2 N–H and O–H groups in total. The molecule has 0 saturated heterocycles. The van der Waals surface area contributed by atoms with Gasteiger partial charge in [0.05, 0.1) is 16.5 Å². The minimum atomic E-state index is -4.68. The number of hydrogen-bond acceptors (Lipinski definition) is 3. The summed E-state index contributed by atoms with van der Waals surface area (Å²) in [5.41, 5.74) is 2.32. The molecule has 1 aliphatic heterocycles. The highest BCUT2D eigenvalue weighted by molar-refractivity contribution is 6.01. The molecule has 1 atom stereocenters. The second-order valence-electron chi connectivity index (χ2n) is 11.4. The Hall–Kier alpha value is -4.14. The maximum atomic E-state index is 14.2. The number of fused-ring (bicyclic) bond motifs is 2. The first-order valence-electron chi connectivity index (χ1n) is 13.4. The average molecular weight is 546 g/mol. The van der Waals surface area contributed by atoms with Gasteiger partial charge in [0.2, 0.25) is 0 Å². The number of carboxylic acid groups (broad SMARTS) is 1. The molecule has 204 valence electrons. The van der Waals surface area contributed by atoms with Crippen molar-refractivity contribution in [1.82, 2.24) is 14.9 Å². The van der Waals surface area contributed by atoms with Gasteiger partial charge in [-0.15, -0.1) is 0 Å². The van der Waals surface area contributed by atoms with E-state index in [1.165, 1.54) is 0 Å². The van der Waals surface area contributed by atoms with Crippen LogP contribution in [0, 0.1) is 5.92 Å². The van der Waals surface area contributed by atoms with Gasteiger partial charge < -0.3 is 15.0 Å². The molecule has 2 saturated carbocycles. The summed E-state index contributed by atoms with van der Waals surface area (Å²) in [7, 11) is 0. The number of amides is 1. The summed E-state index contributed by atoms with van der Waals surface area (Å²) in [5.74, 6) is -1.02. The van der Waals surface area contributed by atoms with E-state index < -0.39 is 29.0 Å². The van der Waals surface area contributed by atoms with Crippen LogP contribution in [0.25, 0.3) is 33.3 Å². The normalized spacial score (nSPS) is 18.7. The number of halogens is 3. The molecule has 0 bridgehead atoms. The lowest BCUT2D eigenvalue weighted by Gasteiger charge is -2.24. The van der Waals surface area contributed by atoms with Crippen LogP contribution in [-0.4, -0.2) is 37.9 Å². The number of carbonyl (C=O) groups excluding carboxylic acids is 1. The van der Waals surface area contributed by atoms with Crippen molar-refractivity contribution < 1.29 is 27.9 Å². The van der Waals surface area contributed by atoms with Gasteiger partial charge in [-0.25, -0.2) is 4.98 Å². The molecule has 2 aromatic carbocycles. The van der Waals surface area contributed by atoms with Crippen molar-refractivity contribution >= 4 is 22.9 Å². The van der Waals surface area contributed by atoms with Crippen molar-refractivity contribution in [2.75, 3.05) is 0 Å². The van der Waals surface area contributed by atoms with E-state index in [-0.39, 0.29) is 18.2 Å². The lowest BCUT2D eigenvalue weighted by molar-refractivity contribution is -0.140. The number of aromatic amines is 1. The fraction of sp³-hybridized carbons (Fsp3) is 0.323. The van der Waals surface area contributed by atoms with E-state index in [0.29, 0.717) is 41.1 Å². The Morgan fingerprint density at radius 2 is 1.82 bits per heavy atom. The average Bonchev–Trinajstić information content (AvgIpc) is 3.86. The molecule has 2 fully saturated rings. The van der Waals surface area contributed by atoms with Crippen molar-refractivity contribution in [2.45, 2.75) is 56.8 Å². The Morgan fingerprint density at radius 1 is 1.10 bits per heavy atom. The molecule has 9 heteroatoms. The number of nitrogens with one attached hydrogen (secondary N) is 1. The van der Waals surface area contributed by atoms with E-state index in [9.17, 15) is 27.9 Å². The number of aliphatic carboxylic acids is 1. The first-order valence-corrected chi connectivity index (χ1v) is 13.4. The monoisotopic (exact) mass is 545 g/mol. The van der Waals surface area contributed by atoms with Crippen LogP contribution in [0.1, 0.15) is 59.7 Å². The third kappa shape index (κ3) is 3.82. The first kappa shape index (κ1) is 24.9. The maximum absolute atomic E-state index is 14.2. The van der Waals surface area contributed by atoms with E-state index in [0.717, 1.165) is 41.0 Å². The van der Waals surface area contributed by atoms with Gasteiger partial charge in [0.25, 0.3) is 5.91 Å². The van der Waals surface area contributed by atoms with Gasteiger partial charge in [-0.1, -0.05) is 24.3 Å². The van der Waals surface area contributed by atoms with Gasteiger partial charge in [0.15, 0.2) is 0 Å². The number of hydrogen-bond donors (Lipinski definition) is 2. The van der Waals surface area contributed by atoms with E-state index in [2.05, 4.69) is 9.97 Å². The van der Waals surface area contributed by atoms with Crippen LogP contribution < -0.4 is 0 Å². The zero-order chi connectivity index (χ0) is 28.0. The standard InChI is InChI=1S/C31H26F3N3O3/c1-16(17-2-3-17)37-15-21-10-19(12-25(31(32,33)34)26(21)28(37)38)20-11-23-24(14-36-27(23)35-13-20)18-4-6-22(7-5-18)30(8-9-30)29(39)40/h4-7,10-14,16-17H,2-3,8-9,15H2,1H3,(H,35,36)(H,39,40)/t16-/m0/s1. The van der Waals surface area contributed by atoms with Crippen molar-refractivity contribution in [3.05, 3.63) is 77.1 Å². The molecule has 2 aliphatic carbocycles. The topological polar surface area (TPSA) is 86.3 Å². The number of nitrogens with zero attached hydrogens (tertiary/aromatic N) is 2. The number of aromatic nitrogens is 2. The van der Waals surface area contributed by atoms with E-state index in [1.54, 1.807) is 23.4 Å². The Kier molecular flexibility index (Phi) is 5.24. The minimum Gasteiger partial charge on any atom is -0.481 e.